The fourth-order valence-electron chi connectivity index (χ4n) is 2.71. The number of aromatic nitrogens is 4. The second kappa shape index (κ2) is 9.14. The molecule has 2 aromatic heterocycles. The number of aliphatic hydroxyl groups excluding tert-OH is 1. The molecule has 0 fully saturated rings. The van der Waals surface area contributed by atoms with E-state index >= 15 is 0 Å². The Labute approximate surface area is 176 Å². The van der Waals surface area contributed by atoms with Crippen LogP contribution in [0, 0.1) is 12.7 Å². The van der Waals surface area contributed by atoms with Gasteiger partial charge in [0, 0.05) is 27.5 Å². The van der Waals surface area contributed by atoms with Crippen LogP contribution in [0.1, 0.15) is 23.2 Å². The van der Waals surface area contributed by atoms with E-state index in [0.29, 0.717) is 22.7 Å². The number of hydrogen-bond acceptors (Lipinski definition) is 9. The first-order valence-corrected chi connectivity index (χ1v) is 10.1. The van der Waals surface area contributed by atoms with E-state index in [1.54, 1.807) is 0 Å². The Morgan fingerprint density at radius 2 is 1.74 bits per heavy atom. The highest BCUT2D eigenvalue weighted by molar-refractivity contribution is 7.79. The predicted molar refractivity (Wildman–Crippen MR) is 107 cm³/mol. The number of nitrogens with zero attached hydrogens (tertiary/aromatic N) is 3. The van der Waals surface area contributed by atoms with Gasteiger partial charge in [0.25, 0.3) is 0 Å². The van der Waals surface area contributed by atoms with E-state index in [9.17, 15) is 9.50 Å². The molecule has 0 saturated heterocycles. The molecular formula is C19H16FN5O5S-2. The van der Waals surface area contributed by atoms with Crippen molar-refractivity contribution in [3.05, 3.63) is 77.5 Å². The van der Waals surface area contributed by atoms with Gasteiger partial charge in [-0.2, -0.15) is 5.10 Å². The van der Waals surface area contributed by atoms with Crippen molar-refractivity contribution in [1.82, 2.24) is 20.2 Å². The molecule has 0 aliphatic heterocycles. The highest BCUT2D eigenvalue weighted by Gasteiger charge is 2.17. The molecule has 0 saturated carbocycles. The lowest BCUT2D eigenvalue weighted by atomic mass is 10.1. The minimum absolute atomic E-state index is 0.227. The molecule has 1 atom stereocenters. The minimum atomic E-state index is -5.17. The number of hydrogen-bond donors (Lipinski definition) is 3. The quantitative estimate of drug-likeness (QED) is 0.315. The number of para-hydroxylation sites is 1. The maximum atomic E-state index is 13.1. The van der Waals surface area contributed by atoms with Crippen molar-refractivity contribution in [3.8, 4) is 0 Å². The summed E-state index contributed by atoms with van der Waals surface area (Å²) in [6.45, 7) is 1.90. The van der Waals surface area contributed by atoms with Crippen LogP contribution in [-0.2, 0) is 10.4 Å². The first kappa shape index (κ1) is 22.2. The molecule has 0 unspecified atom stereocenters. The number of halogens is 1. The zero-order valence-corrected chi connectivity index (χ0v) is 16.8. The molecule has 2 heterocycles. The van der Waals surface area contributed by atoms with Crippen molar-refractivity contribution >= 4 is 32.9 Å². The Kier molecular flexibility index (Phi) is 6.56. The van der Waals surface area contributed by atoms with Gasteiger partial charge < -0.3 is 19.5 Å². The zero-order chi connectivity index (χ0) is 22.6. The van der Waals surface area contributed by atoms with E-state index in [1.165, 1.54) is 24.3 Å². The summed E-state index contributed by atoms with van der Waals surface area (Å²) in [7, 11) is -5.17. The Balaban J connectivity index is 0.000000491. The van der Waals surface area contributed by atoms with Crippen LogP contribution in [-0.4, -0.2) is 42.8 Å². The van der Waals surface area contributed by atoms with Crippen molar-refractivity contribution in [2.75, 3.05) is 5.32 Å². The fraction of sp³-hybridized carbons (Fsp3) is 0.105. The van der Waals surface area contributed by atoms with Gasteiger partial charge in [0.05, 0.1) is 5.52 Å². The monoisotopic (exact) mass is 445 g/mol. The molecule has 31 heavy (non-hydrogen) atoms. The Morgan fingerprint density at radius 3 is 2.35 bits per heavy atom. The van der Waals surface area contributed by atoms with E-state index in [0.717, 1.165) is 11.1 Å². The van der Waals surface area contributed by atoms with Crippen molar-refractivity contribution in [3.63, 3.8) is 0 Å². The number of anilines is 2. The lowest BCUT2D eigenvalue weighted by Gasteiger charge is -2.13. The second-order valence-electron chi connectivity index (χ2n) is 6.37. The molecule has 4 aromatic rings. The van der Waals surface area contributed by atoms with Crippen molar-refractivity contribution in [2.45, 2.75) is 13.0 Å². The van der Waals surface area contributed by atoms with E-state index in [4.69, 9.17) is 17.5 Å². The molecule has 0 amide bonds. The summed E-state index contributed by atoms with van der Waals surface area (Å²) in [5.41, 5.74) is 2.12. The number of nitrogens with one attached hydrogen (secondary N) is 2. The summed E-state index contributed by atoms with van der Waals surface area (Å²) in [6.07, 6.45) is -1.07. The van der Waals surface area contributed by atoms with Gasteiger partial charge in [-0.3, -0.25) is 13.5 Å². The van der Waals surface area contributed by atoms with E-state index in [2.05, 4.69) is 25.5 Å². The van der Waals surface area contributed by atoms with Gasteiger partial charge in [-0.25, -0.2) is 14.4 Å². The fourth-order valence-corrected chi connectivity index (χ4v) is 2.71. The molecule has 2 aromatic carbocycles. The molecule has 0 radical (unpaired) electrons. The van der Waals surface area contributed by atoms with Crippen LogP contribution < -0.4 is 5.32 Å². The van der Waals surface area contributed by atoms with Gasteiger partial charge in [-0.1, -0.05) is 24.3 Å². The van der Waals surface area contributed by atoms with Gasteiger partial charge in [-0.05, 0) is 36.8 Å². The summed E-state index contributed by atoms with van der Waals surface area (Å²) in [4.78, 5) is 8.94. The third-order valence-corrected chi connectivity index (χ3v) is 4.00. The molecule has 10 nitrogen and oxygen atoms in total. The summed E-state index contributed by atoms with van der Waals surface area (Å²) >= 11 is 0. The summed E-state index contributed by atoms with van der Waals surface area (Å²) < 4.78 is 47.2. The van der Waals surface area contributed by atoms with E-state index < -0.39 is 16.5 Å². The lowest BCUT2D eigenvalue weighted by molar-refractivity contribution is 0.210. The largest absolute Gasteiger partial charge is 0.759 e. The summed E-state index contributed by atoms with van der Waals surface area (Å²) in [6, 6.07) is 15.0. The third kappa shape index (κ3) is 6.26. The molecule has 162 valence electrons. The molecule has 4 rings (SSSR count). The van der Waals surface area contributed by atoms with Crippen LogP contribution in [0.2, 0.25) is 0 Å². The molecule has 0 aliphatic rings. The Morgan fingerprint density at radius 1 is 1.10 bits per heavy atom. The molecular weight excluding hydrogens is 429 g/mol. The first-order valence-electron chi connectivity index (χ1n) is 8.76. The number of aryl methyl sites for hydroxylation is 1. The van der Waals surface area contributed by atoms with Crippen LogP contribution >= 0.6 is 0 Å². The number of H-pyrrole nitrogens is 1. The number of aliphatic hydroxyl groups is 1. The van der Waals surface area contributed by atoms with Gasteiger partial charge in [0.1, 0.15) is 17.7 Å². The van der Waals surface area contributed by atoms with Crippen LogP contribution in [0.3, 0.4) is 0 Å². The van der Waals surface area contributed by atoms with E-state index in [-0.39, 0.29) is 11.6 Å². The summed E-state index contributed by atoms with van der Waals surface area (Å²) in [5.74, 6) is 1.02. The summed E-state index contributed by atoms with van der Waals surface area (Å²) in [5, 5.41) is 21.6. The Hall–Kier alpha value is -3.45. The van der Waals surface area contributed by atoms with Crippen LogP contribution in [0.15, 0.2) is 54.6 Å². The highest BCUT2D eigenvalue weighted by Crippen LogP contribution is 2.27. The average molecular weight is 445 g/mol. The maximum Gasteiger partial charge on any atom is 0.164 e. The van der Waals surface area contributed by atoms with Crippen molar-refractivity contribution < 1.29 is 27.0 Å². The zero-order valence-electron chi connectivity index (χ0n) is 16.0. The second-order valence-corrected chi connectivity index (χ2v) is 7.19. The molecule has 12 heteroatoms. The number of aromatic amines is 1. The lowest BCUT2D eigenvalue weighted by Crippen LogP contribution is -2.08. The predicted octanol–water partition coefficient (Wildman–Crippen LogP) is 2.29. The molecule has 0 spiro atoms. The standard InChI is InChI=1S/C19H16FN5O.H2O4S/c1-11-10-16(25-24-11)22-18-14-4-2-3-5-15(14)21-19(23-18)17(26)12-6-8-13(20)9-7-12;1-5(2,3)4/h2-10,17,26H,1H3,(H2,21,22,23,24,25);(H2,1,2,3,4)/p-2/t17-;/m0./s1. The van der Waals surface area contributed by atoms with E-state index in [1.807, 2.05) is 37.3 Å². The number of fused-ring (bicyclic) bond motifs is 1. The maximum absolute atomic E-state index is 13.1. The molecule has 0 aliphatic carbocycles. The SMILES string of the molecule is Cc1cc(Nc2nc([C@@H](O)c3ccc(F)cc3)nc3ccccc23)n[nH]1.O=S(=O)([O-])[O-]. The number of rotatable bonds is 4. The Bertz CT molecular complexity index is 1290. The smallest absolute Gasteiger partial charge is 0.164 e. The molecule has 3 N–H and O–H groups in total. The van der Waals surface area contributed by atoms with Crippen molar-refractivity contribution in [2.24, 2.45) is 0 Å². The van der Waals surface area contributed by atoms with Crippen LogP contribution in [0.5, 0.6) is 0 Å². The van der Waals surface area contributed by atoms with Gasteiger partial charge in [0.15, 0.2) is 11.6 Å². The molecule has 0 bridgehead atoms. The van der Waals surface area contributed by atoms with Gasteiger partial charge in [0.2, 0.25) is 0 Å². The third-order valence-electron chi connectivity index (χ3n) is 4.00. The van der Waals surface area contributed by atoms with Gasteiger partial charge >= 0.3 is 0 Å². The average Bonchev–Trinajstić information content (AvgIpc) is 3.11. The minimum Gasteiger partial charge on any atom is -0.759 e. The highest BCUT2D eigenvalue weighted by atomic mass is 32.3. The number of benzene rings is 2. The topological polar surface area (TPSA) is 167 Å². The first-order chi connectivity index (χ1) is 14.6. The van der Waals surface area contributed by atoms with Crippen LogP contribution in [0.4, 0.5) is 16.0 Å². The van der Waals surface area contributed by atoms with Gasteiger partial charge in [-0.15, -0.1) is 0 Å². The normalized spacial score (nSPS) is 12.2. The van der Waals surface area contributed by atoms with Crippen molar-refractivity contribution in [1.29, 1.82) is 0 Å². The van der Waals surface area contributed by atoms with Crippen LogP contribution in [0.25, 0.3) is 10.9 Å².